The van der Waals surface area contributed by atoms with Gasteiger partial charge in [-0.1, -0.05) is 23.2 Å². The van der Waals surface area contributed by atoms with Crippen LogP contribution in [0.4, 0.5) is 0 Å². The predicted molar refractivity (Wildman–Crippen MR) is 82.9 cm³/mol. The van der Waals surface area contributed by atoms with Crippen LogP contribution < -0.4 is 5.32 Å². The zero-order chi connectivity index (χ0) is 16.4. The summed E-state index contributed by atoms with van der Waals surface area (Å²) in [6.07, 6.45) is 0. The van der Waals surface area contributed by atoms with Crippen LogP contribution in [-0.4, -0.2) is 33.6 Å². The summed E-state index contributed by atoms with van der Waals surface area (Å²) in [4.78, 5) is 11.6. The molecule has 0 radical (unpaired) electrons. The number of methoxy groups -OCH3 is 1. The monoisotopic (exact) mass is 373 g/mol. The molecule has 0 heterocycles. The highest BCUT2D eigenvalue weighted by Gasteiger charge is 2.22. The fourth-order valence-corrected chi connectivity index (χ4v) is 3.10. The Hall–Kier alpha value is -0.530. The van der Waals surface area contributed by atoms with E-state index >= 15 is 0 Å². The first kappa shape index (κ1) is 18.5. The van der Waals surface area contributed by atoms with Gasteiger partial charge in [0.05, 0.1) is 15.6 Å². The molecule has 118 valence electrons. The summed E-state index contributed by atoms with van der Waals surface area (Å²) in [5, 5.41) is 2.32. The molecular formula is C12H14Cl3NO4S. The fourth-order valence-electron chi connectivity index (χ4n) is 1.34. The van der Waals surface area contributed by atoms with Gasteiger partial charge < -0.3 is 10.1 Å². The molecule has 1 aromatic carbocycles. The Morgan fingerprint density at radius 2 is 1.90 bits per heavy atom. The van der Waals surface area contributed by atoms with Crippen LogP contribution in [0.25, 0.3) is 0 Å². The van der Waals surface area contributed by atoms with Crippen LogP contribution in [0.2, 0.25) is 10.0 Å². The first-order valence-corrected chi connectivity index (χ1v) is 8.81. The van der Waals surface area contributed by atoms with Crippen molar-refractivity contribution in [3.8, 4) is 0 Å². The molecule has 1 aromatic rings. The Morgan fingerprint density at radius 1 is 1.33 bits per heavy atom. The van der Waals surface area contributed by atoms with Gasteiger partial charge in [-0.2, -0.15) is 0 Å². The van der Waals surface area contributed by atoms with E-state index in [-0.39, 0.29) is 22.2 Å². The molecule has 0 aromatic heterocycles. The maximum atomic E-state index is 12.0. The van der Waals surface area contributed by atoms with Gasteiger partial charge in [0.1, 0.15) is 4.90 Å². The molecular weight excluding hydrogens is 361 g/mol. The van der Waals surface area contributed by atoms with Crippen LogP contribution in [-0.2, 0) is 13.8 Å². The quantitative estimate of drug-likeness (QED) is 0.804. The van der Waals surface area contributed by atoms with Gasteiger partial charge in [-0.05, 0) is 26.0 Å². The maximum Gasteiger partial charge on any atom is 0.262 e. The van der Waals surface area contributed by atoms with Gasteiger partial charge in [0, 0.05) is 29.9 Å². The van der Waals surface area contributed by atoms with E-state index < -0.39 is 25.5 Å². The zero-order valence-corrected chi connectivity index (χ0v) is 14.6. The molecule has 21 heavy (non-hydrogen) atoms. The Morgan fingerprint density at radius 3 is 2.38 bits per heavy atom. The van der Waals surface area contributed by atoms with Crippen LogP contribution in [0.1, 0.15) is 24.2 Å². The van der Waals surface area contributed by atoms with Crippen molar-refractivity contribution in [1.29, 1.82) is 0 Å². The van der Waals surface area contributed by atoms with Crippen LogP contribution in [0.15, 0.2) is 17.0 Å². The van der Waals surface area contributed by atoms with E-state index in [0.29, 0.717) is 0 Å². The number of nitrogens with one attached hydrogen (secondary N) is 1. The van der Waals surface area contributed by atoms with Gasteiger partial charge in [-0.15, -0.1) is 0 Å². The van der Waals surface area contributed by atoms with Crippen molar-refractivity contribution < 1.29 is 17.9 Å². The van der Waals surface area contributed by atoms with Gasteiger partial charge in [0.15, 0.2) is 0 Å². The molecule has 0 bridgehead atoms. The van der Waals surface area contributed by atoms with Gasteiger partial charge in [-0.3, -0.25) is 4.79 Å². The van der Waals surface area contributed by atoms with E-state index in [1.807, 2.05) is 0 Å². The lowest BCUT2D eigenvalue weighted by atomic mass is 10.1. The Bertz CT molecular complexity index is 659. The highest BCUT2D eigenvalue weighted by molar-refractivity contribution is 8.13. The highest BCUT2D eigenvalue weighted by Crippen LogP contribution is 2.32. The average molecular weight is 375 g/mol. The molecule has 0 aliphatic rings. The topological polar surface area (TPSA) is 72.5 Å². The third kappa shape index (κ3) is 5.00. The Kier molecular flexibility index (Phi) is 5.91. The number of carbonyl (C=O) groups excluding carboxylic acids is 1. The van der Waals surface area contributed by atoms with E-state index in [1.165, 1.54) is 13.2 Å². The summed E-state index contributed by atoms with van der Waals surface area (Å²) >= 11 is 11.6. The standard InChI is InChI=1S/C12H14Cl3NO4S/c1-12(2,20-3)6-16-11(17)7-4-8(13)10(14)9(5-7)21(15,18)19/h4-5H,6H2,1-3H3,(H,16,17). The Labute approximate surface area is 137 Å². The van der Waals surface area contributed by atoms with Gasteiger partial charge in [0.2, 0.25) is 0 Å². The van der Waals surface area contributed by atoms with Crippen LogP contribution in [0.5, 0.6) is 0 Å². The van der Waals surface area contributed by atoms with E-state index in [1.54, 1.807) is 13.8 Å². The molecule has 0 fully saturated rings. The second-order valence-corrected chi connectivity index (χ2v) is 8.17. The van der Waals surface area contributed by atoms with Crippen LogP contribution in [0.3, 0.4) is 0 Å². The molecule has 9 heteroatoms. The lowest BCUT2D eigenvalue weighted by Gasteiger charge is -2.23. The number of carbonyl (C=O) groups is 1. The van der Waals surface area contributed by atoms with Crippen molar-refractivity contribution >= 4 is 48.8 Å². The van der Waals surface area contributed by atoms with E-state index in [9.17, 15) is 13.2 Å². The third-order valence-corrected chi connectivity index (χ3v) is 5.01. The molecule has 0 aliphatic carbocycles. The number of benzene rings is 1. The molecule has 0 saturated heterocycles. The minimum Gasteiger partial charge on any atom is -0.377 e. The normalized spacial score (nSPS) is 12.3. The number of rotatable bonds is 5. The first-order valence-electron chi connectivity index (χ1n) is 5.75. The number of hydrogen-bond acceptors (Lipinski definition) is 4. The van der Waals surface area contributed by atoms with Crippen molar-refractivity contribution in [2.24, 2.45) is 0 Å². The molecule has 1 N–H and O–H groups in total. The van der Waals surface area contributed by atoms with E-state index in [4.69, 9.17) is 38.6 Å². The van der Waals surface area contributed by atoms with Crippen molar-refractivity contribution in [3.05, 3.63) is 27.7 Å². The average Bonchev–Trinajstić information content (AvgIpc) is 2.37. The van der Waals surface area contributed by atoms with Gasteiger partial charge >= 0.3 is 0 Å². The van der Waals surface area contributed by atoms with Crippen molar-refractivity contribution in [1.82, 2.24) is 5.32 Å². The first-order chi connectivity index (χ1) is 9.48. The minimum absolute atomic E-state index is 0.0375. The molecule has 0 atom stereocenters. The summed E-state index contributed by atoms with van der Waals surface area (Å²) in [7, 11) is 2.67. The molecule has 0 aliphatic heterocycles. The molecule has 0 unspecified atom stereocenters. The van der Waals surface area contributed by atoms with Crippen molar-refractivity contribution in [2.75, 3.05) is 13.7 Å². The maximum absolute atomic E-state index is 12.0. The summed E-state index contributed by atoms with van der Waals surface area (Å²) in [6.45, 7) is 3.80. The van der Waals surface area contributed by atoms with Gasteiger partial charge in [0.25, 0.3) is 15.0 Å². The lowest BCUT2D eigenvalue weighted by Crippen LogP contribution is -2.39. The van der Waals surface area contributed by atoms with Crippen molar-refractivity contribution in [3.63, 3.8) is 0 Å². The highest BCUT2D eigenvalue weighted by atomic mass is 35.7. The predicted octanol–water partition coefficient (Wildman–Crippen LogP) is 3.08. The third-order valence-electron chi connectivity index (χ3n) is 2.75. The molecule has 1 rings (SSSR count). The summed E-state index contributed by atoms with van der Waals surface area (Å²) < 4.78 is 28.0. The minimum atomic E-state index is -4.11. The number of amides is 1. The van der Waals surface area contributed by atoms with Gasteiger partial charge in [-0.25, -0.2) is 8.42 Å². The number of halogens is 3. The van der Waals surface area contributed by atoms with Crippen LogP contribution >= 0.6 is 33.9 Å². The zero-order valence-electron chi connectivity index (χ0n) is 11.5. The molecule has 1 amide bonds. The van der Waals surface area contributed by atoms with Crippen LogP contribution in [0, 0.1) is 0 Å². The summed E-state index contributed by atoms with van der Waals surface area (Å²) in [6, 6.07) is 2.34. The molecule has 5 nitrogen and oxygen atoms in total. The smallest absolute Gasteiger partial charge is 0.262 e. The van der Waals surface area contributed by atoms with E-state index in [0.717, 1.165) is 6.07 Å². The Balaban J connectivity index is 3.10. The largest absolute Gasteiger partial charge is 0.377 e. The summed E-state index contributed by atoms with van der Waals surface area (Å²) in [5.41, 5.74) is -0.525. The second kappa shape index (κ2) is 6.71. The fraction of sp³-hybridized carbons (Fsp3) is 0.417. The number of ether oxygens (including phenoxy) is 1. The second-order valence-electron chi connectivity index (χ2n) is 4.85. The summed E-state index contributed by atoms with van der Waals surface area (Å²) in [5.74, 6) is -0.514. The number of hydrogen-bond donors (Lipinski definition) is 1. The van der Waals surface area contributed by atoms with E-state index in [2.05, 4.69) is 5.32 Å². The molecule has 0 spiro atoms. The SMILES string of the molecule is COC(C)(C)CNC(=O)c1cc(Cl)c(Cl)c(S(=O)(=O)Cl)c1. The lowest BCUT2D eigenvalue weighted by molar-refractivity contribution is 0.0228. The molecule has 0 saturated carbocycles. The van der Waals surface area contributed by atoms with Crippen molar-refractivity contribution in [2.45, 2.75) is 24.3 Å².